The molecule has 1 aromatic carbocycles. The predicted molar refractivity (Wildman–Crippen MR) is 94.1 cm³/mol. The molecule has 3 rings (SSSR count). The molecule has 2 heterocycles. The topological polar surface area (TPSA) is 80.8 Å². The Labute approximate surface area is 151 Å². The highest BCUT2D eigenvalue weighted by Gasteiger charge is 2.40. The standard InChI is InChI=1S/C15H20BrNO5S2/c16-12-3-5-15(6-4-12)24(20,21)17(10-14-2-1-8-22-14)13-7-9-23(18,19)11-13/h3-6,13-14H,1-2,7-11H2/t13-,14+/m1/s1. The molecule has 2 atom stereocenters. The molecule has 0 aliphatic carbocycles. The first-order chi connectivity index (χ1) is 11.3. The highest BCUT2D eigenvalue weighted by atomic mass is 79.9. The summed E-state index contributed by atoms with van der Waals surface area (Å²) in [6.45, 7) is 0.832. The lowest BCUT2D eigenvalue weighted by molar-refractivity contribution is 0.0877. The zero-order valence-corrected chi connectivity index (χ0v) is 16.3. The maximum atomic E-state index is 13.1. The minimum Gasteiger partial charge on any atom is -0.377 e. The summed E-state index contributed by atoms with van der Waals surface area (Å²) in [6, 6.07) is 5.88. The Balaban J connectivity index is 1.91. The Morgan fingerprint density at radius 2 is 1.92 bits per heavy atom. The Hall–Kier alpha value is -0.480. The van der Waals surface area contributed by atoms with Gasteiger partial charge in [-0.2, -0.15) is 4.31 Å². The van der Waals surface area contributed by atoms with Gasteiger partial charge in [-0.3, -0.25) is 0 Å². The van der Waals surface area contributed by atoms with Gasteiger partial charge >= 0.3 is 0 Å². The molecule has 134 valence electrons. The van der Waals surface area contributed by atoms with Crippen molar-refractivity contribution in [3.63, 3.8) is 0 Å². The molecule has 0 bridgehead atoms. The normalized spacial score (nSPS) is 26.9. The molecular formula is C15H20BrNO5S2. The molecular weight excluding hydrogens is 418 g/mol. The number of nitrogens with zero attached hydrogens (tertiary/aromatic N) is 1. The summed E-state index contributed by atoms with van der Waals surface area (Å²) in [5, 5.41) is 0. The maximum absolute atomic E-state index is 13.1. The lowest BCUT2D eigenvalue weighted by atomic mass is 10.2. The SMILES string of the molecule is O=S1(=O)CC[C@@H](N(C[C@@H]2CCCO2)S(=O)(=O)c2ccc(Br)cc2)C1. The first-order valence-electron chi connectivity index (χ1n) is 7.87. The molecule has 2 saturated heterocycles. The van der Waals surface area contributed by atoms with E-state index in [0.717, 1.165) is 17.3 Å². The quantitative estimate of drug-likeness (QED) is 0.701. The van der Waals surface area contributed by atoms with Gasteiger partial charge in [0.2, 0.25) is 10.0 Å². The lowest BCUT2D eigenvalue weighted by Crippen LogP contribution is -2.45. The Bertz CT molecular complexity index is 786. The molecule has 0 aromatic heterocycles. The molecule has 6 nitrogen and oxygen atoms in total. The lowest BCUT2D eigenvalue weighted by Gasteiger charge is -2.29. The summed E-state index contributed by atoms with van der Waals surface area (Å²) >= 11 is 3.29. The second-order valence-electron chi connectivity index (χ2n) is 6.22. The first-order valence-corrected chi connectivity index (χ1v) is 11.9. The van der Waals surface area contributed by atoms with E-state index in [2.05, 4.69) is 15.9 Å². The van der Waals surface area contributed by atoms with E-state index >= 15 is 0 Å². The molecule has 0 radical (unpaired) electrons. The van der Waals surface area contributed by atoms with Crippen molar-refractivity contribution in [3.8, 4) is 0 Å². The van der Waals surface area contributed by atoms with E-state index in [1.54, 1.807) is 12.1 Å². The molecule has 1 aromatic rings. The van der Waals surface area contributed by atoms with Gasteiger partial charge in [-0.15, -0.1) is 0 Å². The molecule has 2 aliphatic rings. The van der Waals surface area contributed by atoms with E-state index in [1.807, 2.05) is 0 Å². The van der Waals surface area contributed by atoms with Gasteiger partial charge in [-0.05, 0) is 43.5 Å². The van der Waals surface area contributed by atoms with Crippen LogP contribution < -0.4 is 0 Å². The fourth-order valence-corrected chi connectivity index (χ4v) is 6.95. The van der Waals surface area contributed by atoms with E-state index in [-0.39, 0.29) is 29.0 Å². The zero-order valence-electron chi connectivity index (χ0n) is 13.1. The van der Waals surface area contributed by atoms with Crippen LogP contribution in [0.5, 0.6) is 0 Å². The molecule has 0 amide bonds. The summed E-state index contributed by atoms with van der Waals surface area (Å²) < 4.78 is 57.6. The smallest absolute Gasteiger partial charge is 0.243 e. The van der Waals surface area contributed by atoms with Gasteiger partial charge in [0.05, 0.1) is 22.5 Å². The van der Waals surface area contributed by atoms with Crippen molar-refractivity contribution in [2.75, 3.05) is 24.7 Å². The van der Waals surface area contributed by atoms with Gasteiger partial charge in [-0.25, -0.2) is 16.8 Å². The van der Waals surface area contributed by atoms with Gasteiger partial charge < -0.3 is 4.74 Å². The van der Waals surface area contributed by atoms with Crippen molar-refractivity contribution in [2.24, 2.45) is 0 Å². The van der Waals surface area contributed by atoms with E-state index in [9.17, 15) is 16.8 Å². The number of rotatable bonds is 5. The van der Waals surface area contributed by atoms with Crippen molar-refractivity contribution in [2.45, 2.75) is 36.3 Å². The fraction of sp³-hybridized carbons (Fsp3) is 0.600. The van der Waals surface area contributed by atoms with Gasteiger partial charge in [-0.1, -0.05) is 15.9 Å². The van der Waals surface area contributed by atoms with Crippen molar-refractivity contribution in [1.29, 1.82) is 0 Å². The van der Waals surface area contributed by atoms with Gasteiger partial charge in [0.1, 0.15) is 0 Å². The number of benzene rings is 1. The van der Waals surface area contributed by atoms with Crippen LogP contribution in [-0.4, -0.2) is 57.9 Å². The van der Waals surface area contributed by atoms with Gasteiger partial charge in [0.15, 0.2) is 9.84 Å². The number of sulfonamides is 1. The Morgan fingerprint density at radius 1 is 1.21 bits per heavy atom. The largest absolute Gasteiger partial charge is 0.377 e. The summed E-state index contributed by atoms with van der Waals surface area (Å²) in [4.78, 5) is 0.174. The summed E-state index contributed by atoms with van der Waals surface area (Å²) in [6.07, 6.45) is 1.87. The molecule has 0 spiro atoms. The van der Waals surface area contributed by atoms with E-state index in [0.29, 0.717) is 13.0 Å². The second kappa shape index (κ2) is 7.03. The summed E-state index contributed by atoms with van der Waals surface area (Å²) in [7, 11) is -6.95. The molecule has 0 N–H and O–H groups in total. The Kier molecular flexibility index (Phi) is 5.36. The van der Waals surface area contributed by atoms with Crippen LogP contribution in [0.2, 0.25) is 0 Å². The van der Waals surface area contributed by atoms with Crippen LogP contribution in [0.4, 0.5) is 0 Å². The van der Waals surface area contributed by atoms with Crippen LogP contribution >= 0.6 is 15.9 Å². The van der Waals surface area contributed by atoms with Crippen molar-refractivity contribution in [3.05, 3.63) is 28.7 Å². The molecule has 2 fully saturated rings. The molecule has 0 saturated carbocycles. The van der Waals surface area contributed by atoms with Crippen LogP contribution in [0.3, 0.4) is 0 Å². The first kappa shape index (κ1) is 18.3. The number of sulfone groups is 1. The maximum Gasteiger partial charge on any atom is 0.243 e. The van der Waals surface area contributed by atoms with E-state index in [1.165, 1.54) is 16.4 Å². The molecule has 9 heteroatoms. The van der Waals surface area contributed by atoms with Crippen LogP contribution in [-0.2, 0) is 24.6 Å². The predicted octanol–water partition coefficient (Wildman–Crippen LogP) is 1.81. The average molecular weight is 438 g/mol. The van der Waals surface area contributed by atoms with Crippen molar-refractivity contribution in [1.82, 2.24) is 4.31 Å². The highest BCUT2D eigenvalue weighted by Crippen LogP contribution is 2.28. The third-order valence-corrected chi connectivity index (χ3v) is 8.66. The van der Waals surface area contributed by atoms with Gasteiger partial charge in [0.25, 0.3) is 0 Å². The third kappa shape index (κ3) is 4.01. The monoisotopic (exact) mass is 437 g/mol. The van der Waals surface area contributed by atoms with Crippen molar-refractivity contribution >= 4 is 35.8 Å². The fourth-order valence-electron chi connectivity index (χ4n) is 3.18. The molecule has 2 aliphatic heterocycles. The zero-order chi connectivity index (χ0) is 17.4. The van der Waals surface area contributed by atoms with E-state index in [4.69, 9.17) is 4.74 Å². The Morgan fingerprint density at radius 3 is 2.46 bits per heavy atom. The highest BCUT2D eigenvalue weighted by molar-refractivity contribution is 9.10. The number of hydrogen-bond donors (Lipinski definition) is 0. The average Bonchev–Trinajstić information content (AvgIpc) is 3.14. The number of halogens is 1. The minimum absolute atomic E-state index is 0.0373. The van der Waals surface area contributed by atoms with Crippen LogP contribution in [0, 0.1) is 0 Å². The second-order valence-corrected chi connectivity index (χ2v) is 11.3. The molecule has 24 heavy (non-hydrogen) atoms. The van der Waals surface area contributed by atoms with Crippen LogP contribution in [0.25, 0.3) is 0 Å². The minimum atomic E-state index is -3.77. The van der Waals surface area contributed by atoms with Crippen LogP contribution in [0.15, 0.2) is 33.6 Å². The van der Waals surface area contributed by atoms with Crippen molar-refractivity contribution < 1.29 is 21.6 Å². The van der Waals surface area contributed by atoms with Gasteiger partial charge in [0, 0.05) is 23.7 Å². The summed E-state index contributed by atoms with van der Waals surface area (Å²) in [5.74, 6) is -0.0783. The summed E-state index contributed by atoms with van der Waals surface area (Å²) in [5.41, 5.74) is 0. The van der Waals surface area contributed by atoms with Crippen LogP contribution in [0.1, 0.15) is 19.3 Å². The number of hydrogen-bond acceptors (Lipinski definition) is 5. The third-order valence-electron chi connectivity index (χ3n) is 4.44. The molecule has 0 unspecified atom stereocenters. The van der Waals surface area contributed by atoms with E-state index < -0.39 is 25.9 Å². The number of ether oxygens (including phenoxy) is 1.